The van der Waals surface area contributed by atoms with Crippen LogP contribution in [0.25, 0.3) is 0 Å². The lowest BCUT2D eigenvalue weighted by Gasteiger charge is -2.38. The van der Waals surface area contributed by atoms with Gasteiger partial charge in [0.15, 0.2) is 0 Å². The minimum absolute atomic E-state index is 0.120. The van der Waals surface area contributed by atoms with E-state index in [4.69, 9.17) is 9.47 Å². The van der Waals surface area contributed by atoms with Gasteiger partial charge < -0.3 is 9.47 Å². The van der Waals surface area contributed by atoms with Gasteiger partial charge in [0.25, 0.3) is 12.9 Å². The van der Waals surface area contributed by atoms with Crippen molar-refractivity contribution in [1.82, 2.24) is 0 Å². The Morgan fingerprint density at radius 1 is 0.800 bits per heavy atom. The molecule has 0 saturated heterocycles. The Balaban J connectivity index is 1.32. The molecule has 2 aliphatic rings. The maximum Gasteiger partial charge on any atom is 0.293 e. The normalized spacial score (nSPS) is 24.7. The minimum atomic E-state index is 0.120. The lowest BCUT2D eigenvalue weighted by molar-refractivity contribution is -0.133. The fourth-order valence-electron chi connectivity index (χ4n) is 6.67. The van der Waals surface area contributed by atoms with Gasteiger partial charge in [0, 0.05) is 5.92 Å². The summed E-state index contributed by atoms with van der Waals surface area (Å²) in [4.78, 5) is 21.0. The molecule has 0 aliphatic heterocycles. The zero-order valence-corrected chi connectivity index (χ0v) is 22.0. The Labute approximate surface area is 213 Å². The first kappa shape index (κ1) is 27.7. The van der Waals surface area contributed by atoms with Gasteiger partial charge in [0.05, 0.1) is 13.2 Å². The van der Waals surface area contributed by atoms with E-state index in [1.54, 1.807) is 5.56 Å². The molecule has 4 nitrogen and oxygen atoms in total. The summed E-state index contributed by atoms with van der Waals surface area (Å²) in [6.07, 6.45) is 19.6. The van der Waals surface area contributed by atoms with E-state index < -0.39 is 0 Å². The van der Waals surface area contributed by atoms with Crippen LogP contribution in [0.5, 0.6) is 0 Å². The highest BCUT2D eigenvalue weighted by Crippen LogP contribution is 2.44. The first-order chi connectivity index (χ1) is 17.2. The Kier molecular flexibility index (Phi) is 12.7. The van der Waals surface area contributed by atoms with Gasteiger partial charge in [-0.05, 0) is 92.6 Å². The summed E-state index contributed by atoms with van der Waals surface area (Å²) >= 11 is 0. The zero-order valence-electron chi connectivity index (χ0n) is 22.0. The average molecular weight is 485 g/mol. The van der Waals surface area contributed by atoms with E-state index in [2.05, 4.69) is 31.2 Å². The molecule has 0 aromatic heterocycles. The monoisotopic (exact) mass is 484 g/mol. The fourth-order valence-corrected chi connectivity index (χ4v) is 6.67. The van der Waals surface area contributed by atoms with Crippen molar-refractivity contribution >= 4 is 12.9 Å². The molecule has 196 valence electrons. The average Bonchev–Trinajstić information content (AvgIpc) is 2.91. The minimum Gasteiger partial charge on any atom is -0.467 e. The van der Waals surface area contributed by atoms with E-state index in [1.165, 1.54) is 89.0 Å². The van der Waals surface area contributed by atoms with Crippen molar-refractivity contribution < 1.29 is 19.1 Å². The third-order valence-electron chi connectivity index (χ3n) is 8.87. The molecule has 0 amide bonds. The Morgan fingerprint density at radius 3 is 1.97 bits per heavy atom. The van der Waals surface area contributed by atoms with Crippen molar-refractivity contribution in [2.75, 3.05) is 13.2 Å². The Bertz CT molecular complexity index is 687. The van der Waals surface area contributed by atoms with Crippen LogP contribution in [0, 0.1) is 23.7 Å². The lowest BCUT2D eigenvalue weighted by atomic mass is 9.68. The predicted molar refractivity (Wildman–Crippen MR) is 141 cm³/mol. The summed E-state index contributed by atoms with van der Waals surface area (Å²) in [5, 5.41) is 0. The zero-order chi connectivity index (χ0) is 24.7. The quantitative estimate of drug-likeness (QED) is 0.179. The first-order valence-corrected chi connectivity index (χ1v) is 14.4. The van der Waals surface area contributed by atoms with E-state index in [0.29, 0.717) is 26.2 Å². The molecule has 35 heavy (non-hydrogen) atoms. The van der Waals surface area contributed by atoms with E-state index >= 15 is 0 Å². The van der Waals surface area contributed by atoms with E-state index in [0.717, 1.165) is 36.5 Å². The second kappa shape index (κ2) is 16.0. The van der Waals surface area contributed by atoms with Gasteiger partial charge in [0.1, 0.15) is 0 Å². The summed E-state index contributed by atoms with van der Waals surface area (Å²) in [7, 11) is 0. The summed E-state index contributed by atoms with van der Waals surface area (Å²) in [6, 6.07) is 9.59. The van der Waals surface area contributed by atoms with Crippen LogP contribution in [0.1, 0.15) is 114 Å². The van der Waals surface area contributed by atoms with Crippen LogP contribution in [0.2, 0.25) is 0 Å². The van der Waals surface area contributed by atoms with Crippen LogP contribution >= 0.6 is 0 Å². The molecule has 0 atom stereocenters. The SMILES string of the molecule is CCCCCc1ccc(C2CCC(C3CCC(CCCC(COC=O)COC=O)CC3)CC2)cc1. The number of rotatable bonds is 16. The molecule has 0 N–H and O–H groups in total. The van der Waals surface area contributed by atoms with Crippen LogP contribution in [0.3, 0.4) is 0 Å². The summed E-state index contributed by atoms with van der Waals surface area (Å²) in [6.45, 7) is 3.92. The Morgan fingerprint density at radius 2 is 1.40 bits per heavy atom. The Hall–Kier alpha value is -1.84. The van der Waals surface area contributed by atoms with Gasteiger partial charge in [-0.15, -0.1) is 0 Å². The second-order valence-electron chi connectivity index (χ2n) is 11.2. The van der Waals surface area contributed by atoms with Gasteiger partial charge >= 0.3 is 0 Å². The molecule has 2 aliphatic carbocycles. The highest BCUT2D eigenvalue weighted by Gasteiger charge is 2.31. The third-order valence-corrected chi connectivity index (χ3v) is 8.87. The fraction of sp³-hybridized carbons (Fsp3) is 0.742. The predicted octanol–water partition coefficient (Wildman–Crippen LogP) is 7.63. The van der Waals surface area contributed by atoms with Gasteiger partial charge in [-0.3, -0.25) is 9.59 Å². The van der Waals surface area contributed by atoms with Crippen molar-refractivity contribution in [2.45, 2.75) is 109 Å². The molecule has 0 unspecified atom stereocenters. The molecule has 3 rings (SSSR count). The molecule has 1 aromatic rings. The first-order valence-electron chi connectivity index (χ1n) is 14.4. The van der Waals surface area contributed by atoms with Crippen LogP contribution in [-0.4, -0.2) is 26.2 Å². The highest BCUT2D eigenvalue weighted by molar-refractivity contribution is 5.37. The standard InChI is InChI=1S/C31H48O4/c1-2-3-4-6-25-9-13-28(14-10-25)30-17-19-31(20-18-30)29-15-11-26(12-16-29)7-5-8-27(21-34-23-32)22-35-24-33/h9-10,13-14,23-24,26-27,29-31H,2-8,11-12,15-22H2,1H3. The van der Waals surface area contributed by atoms with Crippen LogP contribution in [0.15, 0.2) is 24.3 Å². The van der Waals surface area contributed by atoms with Gasteiger partial charge in [-0.25, -0.2) is 0 Å². The number of benzene rings is 1. The molecule has 0 heterocycles. The van der Waals surface area contributed by atoms with Gasteiger partial charge in [-0.2, -0.15) is 0 Å². The number of ether oxygens (including phenoxy) is 2. The highest BCUT2D eigenvalue weighted by atomic mass is 16.5. The molecule has 0 bridgehead atoms. The maximum atomic E-state index is 10.5. The maximum absolute atomic E-state index is 10.5. The van der Waals surface area contributed by atoms with Crippen LogP contribution in [0.4, 0.5) is 0 Å². The second-order valence-corrected chi connectivity index (χ2v) is 11.2. The molecule has 0 spiro atoms. The molecular weight excluding hydrogens is 436 g/mol. The van der Waals surface area contributed by atoms with E-state index in [9.17, 15) is 9.59 Å². The molecule has 2 fully saturated rings. The van der Waals surface area contributed by atoms with Crippen LogP contribution in [-0.2, 0) is 25.5 Å². The number of hydrogen-bond acceptors (Lipinski definition) is 4. The van der Waals surface area contributed by atoms with Crippen molar-refractivity contribution in [1.29, 1.82) is 0 Å². The third kappa shape index (κ3) is 9.61. The number of aryl methyl sites for hydroxylation is 1. The smallest absolute Gasteiger partial charge is 0.293 e. The number of unbranched alkanes of at least 4 members (excludes halogenated alkanes) is 2. The summed E-state index contributed by atoms with van der Waals surface area (Å²) < 4.78 is 9.80. The van der Waals surface area contributed by atoms with Gasteiger partial charge in [0.2, 0.25) is 0 Å². The molecule has 4 heteroatoms. The van der Waals surface area contributed by atoms with Crippen molar-refractivity contribution in [3.63, 3.8) is 0 Å². The van der Waals surface area contributed by atoms with Crippen molar-refractivity contribution in [2.24, 2.45) is 23.7 Å². The topological polar surface area (TPSA) is 52.6 Å². The molecule has 1 aromatic carbocycles. The number of carbonyl (C=O) groups is 2. The number of carbonyl (C=O) groups excluding carboxylic acids is 2. The van der Waals surface area contributed by atoms with Crippen molar-refractivity contribution in [3.8, 4) is 0 Å². The molecule has 2 saturated carbocycles. The summed E-state index contributed by atoms with van der Waals surface area (Å²) in [5.41, 5.74) is 3.08. The number of hydrogen-bond donors (Lipinski definition) is 0. The van der Waals surface area contributed by atoms with Crippen LogP contribution < -0.4 is 0 Å². The molecule has 0 radical (unpaired) electrons. The largest absolute Gasteiger partial charge is 0.467 e. The van der Waals surface area contributed by atoms with Gasteiger partial charge in [-0.1, -0.05) is 69.7 Å². The van der Waals surface area contributed by atoms with E-state index in [-0.39, 0.29) is 5.92 Å². The van der Waals surface area contributed by atoms with E-state index in [1.807, 2.05) is 0 Å². The van der Waals surface area contributed by atoms with Crippen molar-refractivity contribution in [3.05, 3.63) is 35.4 Å². The summed E-state index contributed by atoms with van der Waals surface area (Å²) in [5.74, 6) is 3.59. The lowest BCUT2D eigenvalue weighted by Crippen LogP contribution is -2.25. The molecular formula is C31H48O4.